The van der Waals surface area contributed by atoms with Crippen LogP contribution in [0, 0.1) is 0 Å². The van der Waals surface area contributed by atoms with Crippen LogP contribution in [0.25, 0.3) is 0 Å². The normalized spacial score (nSPS) is 11.7. The van der Waals surface area contributed by atoms with Crippen LogP contribution in [0.3, 0.4) is 0 Å². The lowest BCUT2D eigenvalue weighted by atomic mass is 10.0. The summed E-state index contributed by atoms with van der Waals surface area (Å²) >= 11 is 1.05. The zero-order valence-corrected chi connectivity index (χ0v) is 20.3. The molecule has 0 aliphatic carbocycles. The maximum Gasteiger partial charge on any atom is 0.490 e. The summed E-state index contributed by atoms with van der Waals surface area (Å²) in [4.78, 5) is 46.6. The van der Waals surface area contributed by atoms with E-state index in [0.29, 0.717) is 15.3 Å². The number of ether oxygens (including phenoxy) is 1. The number of nitrogens with one attached hydrogen (secondary N) is 2. The molecule has 1 heterocycles. The molecule has 10 nitrogen and oxygen atoms in total. The molecule has 0 aliphatic heterocycles. The molecular weight excluding hydrogens is 507 g/mol. The summed E-state index contributed by atoms with van der Waals surface area (Å²) < 4.78 is 36.4. The van der Waals surface area contributed by atoms with Gasteiger partial charge in [-0.3, -0.25) is 9.59 Å². The van der Waals surface area contributed by atoms with E-state index >= 15 is 0 Å². The van der Waals surface area contributed by atoms with E-state index in [0.717, 1.165) is 16.9 Å². The van der Waals surface area contributed by atoms with Crippen molar-refractivity contribution in [2.24, 2.45) is 5.73 Å². The van der Waals surface area contributed by atoms with Crippen molar-refractivity contribution in [3.05, 3.63) is 51.2 Å². The molecule has 0 unspecified atom stereocenters. The fourth-order valence-corrected chi connectivity index (χ4v) is 3.77. The molecule has 0 spiro atoms. The standard InChI is InChI=1S/C20H25N3O5S.C2HF3O2/c1-11(2)14-8-16(18(25)22-10-12-5-4-6-13(24)7-12)29-17(14)19(26)23-15(9-21)20(27)28-3;3-2(4,5)1(6)7/h4-8,11,15,24H,9-10,21H2,1-3H3,(H,22,25)(H,23,26);(H,6,7)/t15-;/m0./s1. The number of thiophene rings is 1. The number of phenolic OH excluding ortho intramolecular Hbond substituents is 1. The van der Waals surface area contributed by atoms with E-state index in [4.69, 9.17) is 15.6 Å². The summed E-state index contributed by atoms with van der Waals surface area (Å²) in [6, 6.07) is 7.30. The molecular formula is C22H26F3N3O7S. The van der Waals surface area contributed by atoms with Crippen molar-refractivity contribution in [1.82, 2.24) is 10.6 Å². The number of halogens is 3. The Bertz CT molecular complexity index is 1090. The number of carbonyl (C=O) groups is 4. The number of carbonyl (C=O) groups excluding carboxylic acids is 3. The summed E-state index contributed by atoms with van der Waals surface area (Å²) in [5.74, 6) is -4.09. The first-order chi connectivity index (χ1) is 16.7. The average molecular weight is 534 g/mol. The lowest BCUT2D eigenvalue weighted by molar-refractivity contribution is -0.192. The van der Waals surface area contributed by atoms with Crippen LogP contribution in [0.2, 0.25) is 0 Å². The van der Waals surface area contributed by atoms with E-state index < -0.39 is 30.1 Å². The molecule has 1 aromatic heterocycles. The largest absolute Gasteiger partial charge is 0.508 e. The molecule has 0 saturated heterocycles. The van der Waals surface area contributed by atoms with Crippen molar-refractivity contribution >= 4 is 35.1 Å². The quantitative estimate of drug-likeness (QED) is 0.322. The van der Waals surface area contributed by atoms with Crippen LogP contribution in [0.15, 0.2) is 30.3 Å². The summed E-state index contributed by atoms with van der Waals surface area (Å²) in [6.07, 6.45) is -5.08. The highest BCUT2D eigenvalue weighted by atomic mass is 32.1. The fourth-order valence-electron chi connectivity index (χ4n) is 2.64. The number of aromatic hydroxyl groups is 1. The van der Waals surface area contributed by atoms with Crippen LogP contribution < -0.4 is 16.4 Å². The molecule has 1 aromatic carbocycles. The van der Waals surface area contributed by atoms with Gasteiger partial charge in [0.1, 0.15) is 11.8 Å². The number of hydrogen-bond acceptors (Lipinski definition) is 8. The second-order valence-electron chi connectivity index (χ2n) is 7.49. The Kier molecular flexibility index (Phi) is 11.3. The summed E-state index contributed by atoms with van der Waals surface area (Å²) in [7, 11) is 1.22. The van der Waals surface area contributed by atoms with Crippen molar-refractivity contribution in [1.29, 1.82) is 0 Å². The van der Waals surface area contributed by atoms with Gasteiger partial charge in [0.15, 0.2) is 0 Å². The smallest absolute Gasteiger partial charge is 0.490 e. The van der Waals surface area contributed by atoms with E-state index in [1.54, 1.807) is 30.3 Å². The maximum atomic E-state index is 12.7. The summed E-state index contributed by atoms with van der Waals surface area (Å²) in [5, 5.41) is 22.0. The number of phenols is 1. The molecule has 0 fully saturated rings. The number of esters is 1. The third kappa shape index (κ3) is 9.19. The van der Waals surface area contributed by atoms with Gasteiger partial charge in [0.05, 0.1) is 16.9 Å². The van der Waals surface area contributed by atoms with Gasteiger partial charge in [-0.15, -0.1) is 11.3 Å². The number of amides is 2. The number of rotatable bonds is 8. The zero-order valence-electron chi connectivity index (χ0n) is 19.5. The first kappa shape index (κ1) is 30.4. The van der Waals surface area contributed by atoms with Crippen LogP contribution >= 0.6 is 11.3 Å². The Labute approximate surface area is 208 Å². The molecule has 0 aliphatic rings. The van der Waals surface area contributed by atoms with Crippen LogP contribution in [-0.2, 0) is 20.9 Å². The number of carboxylic acid groups (broad SMARTS) is 1. The highest BCUT2D eigenvalue weighted by Gasteiger charge is 2.38. The number of methoxy groups -OCH3 is 1. The Balaban J connectivity index is 0.000000809. The predicted molar refractivity (Wildman–Crippen MR) is 124 cm³/mol. The molecule has 2 aromatic rings. The van der Waals surface area contributed by atoms with Gasteiger partial charge in [-0.1, -0.05) is 26.0 Å². The van der Waals surface area contributed by atoms with E-state index in [-0.39, 0.29) is 30.7 Å². The SMILES string of the molecule is COC(=O)[C@H](CN)NC(=O)c1sc(C(=O)NCc2cccc(O)c2)cc1C(C)C.O=C(O)C(F)(F)F. The van der Waals surface area contributed by atoms with E-state index in [1.165, 1.54) is 7.11 Å². The van der Waals surface area contributed by atoms with E-state index in [2.05, 4.69) is 15.4 Å². The minimum Gasteiger partial charge on any atom is -0.508 e. The predicted octanol–water partition coefficient (Wildman–Crippen LogP) is 2.37. The molecule has 1 atom stereocenters. The number of benzene rings is 1. The second kappa shape index (κ2) is 13.4. The van der Waals surface area contributed by atoms with Gasteiger partial charge in [0.2, 0.25) is 0 Å². The maximum absolute atomic E-state index is 12.7. The number of alkyl halides is 3. The first-order valence-electron chi connectivity index (χ1n) is 10.3. The third-order valence-corrected chi connectivity index (χ3v) is 5.59. The van der Waals surface area contributed by atoms with Crippen molar-refractivity contribution in [3.63, 3.8) is 0 Å². The minimum absolute atomic E-state index is 0.00549. The van der Waals surface area contributed by atoms with Crippen LogP contribution in [0.5, 0.6) is 5.75 Å². The van der Waals surface area contributed by atoms with Gasteiger partial charge in [-0.2, -0.15) is 13.2 Å². The number of nitrogens with two attached hydrogens (primary N) is 1. The van der Waals surface area contributed by atoms with Crippen molar-refractivity contribution in [2.75, 3.05) is 13.7 Å². The molecule has 36 heavy (non-hydrogen) atoms. The number of aliphatic carboxylic acids is 1. The van der Waals surface area contributed by atoms with Gasteiger partial charge < -0.3 is 31.3 Å². The fraction of sp³-hybridized carbons (Fsp3) is 0.364. The van der Waals surface area contributed by atoms with Gasteiger partial charge in [-0.05, 0) is 35.2 Å². The lowest BCUT2D eigenvalue weighted by Crippen LogP contribution is -2.46. The highest BCUT2D eigenvalue weighted by Crippen LogP contribution is 2.29. The third-order valence-electron chi connectivity index (χ3n) is 4.45. The molecule has 0 saturated carbocycles. The van der Waals surface area contributed by atoms with Crippen molar-refractivity contribution in [2.45, 2.75) is 38.5 Å². The number of hydrogen-bond donors (Lipinski definition) is 5. The van der Waals surface area contributed by atoms with Gasteiger partial charge in [-0.25, -0.2) is 9.59 Å². The highest BCUT2D eigenvalue weighted by molar-refractivity contribution is 7.16. The molecule has 0 bridgehead atoms. The summed E-state index contributed by atoms with van der Waals surface area (Å²) in [6.45, 7) is 3.96. The molecule has 2 amide bonds. The van der Waals surface area contributed by atoms with E-state index in [9.17, 15) is 32.7 Å². The Morgan fingerprint density at radius 3 is 2.22 bits per heavy atom. The Morgan fingerprint density at radius 1 is 1.14 bits per heavy atom. The first-order valence-corrected chi connectivity index (χ1v) is 11.1. The molecule has 6 N–H and O–H groups in total. The number of carboxylic acids is 1. The summed E-state index contributed by atoms with van der Waals surface area (Å²) in [5.41, 5.74) is 6.99. The topological polar surface area (TPSA) is 168 Å². The molecule has 14 heteroatoms. The van der Waals surface area contributed by atoms with Crippen molar-refractivity contribution in [3.8, 4) is 5.75 Å². The van der Waals surface area contributed by atoms with Gasteiger partial charge in [0, 0.05) is 13.1 Å². The van der Waals surface area contributed by atoms with E-state index in [1.807, 2.05) is 13.8 Å². The Morgan fingerprint density at radius 2 is 1.75 bits per heavy atom. The lowest BCUT2D eigenvalue weighted by Gasteiger charge is -2.15. The van der Waals surface area contributed by atoms with Gasteiger partial charge >= 0.3 is 18.1 Å². The molecule has 0 radical (unpaired) electrons. The second-order valence-corrected chi connectivity index (χ2v) is 8.54. The average Bonchev–Trinajstić information content (AvgIpc) is 3.26. The monoisotopic (exact) mass is 533 g/mol. The zero-order chi connectivity index (χ0) is 27.6. The molecule has 2 rings (SSSR count). The van der Waals surface area contributed by atoms with Crippen molar-refractivity contribution < 1.29 is 47.3 Å². The minimum atomic E-state index is -5.08. The van der Waals surface area contributed by atoms with Crippen LogP contribution in [0.1, 0.15) is 50.2 Å². The molecule has 198 valence electrons. The van der Waals surface area contributed by atoms with Crippen LogP contribution in [-0.4, -0.2) is 59.8 Å². The van der Waals surface area contributed by atoms with Gasteiger partial charge in [0.25, 0.3) is 11.8 Å². The Hall–Kier alpha value is -3.65. The van der Waals surface area contributed by atoms with Crippen LogP contribution in [0.4, 0.5) is 13.2 Å².